The van der Waals surface area contributed by atoms with Gasteiger partial charge in [-0.1, -0.05) is 218 Å². The number of ether oxygens (including phenoxy) is 1. The van der Waals surface area contributed by atoms with E-state index < -0.39 is 18.2 Å². The molecular formula is C49H91NO5. The number of unbranched alkanes of at least 4 members (excludes halogenated alkanes) is 26. The van der Waals surface area contributed by atoms with Crippen molar-refractivity contribution in [1.29, 1.82) is 0 Å². The van der Waals surface area contributed by atoms with Gasteiger partial charge in [0.1, 0.15) is 6.10 Å². The third-order valence-electron chi connectivity index (χ3n) is 10.8. The Morgan fingerprint density at radius 1 is 0.545 bits per heavy atom. The molecule has 6 heteroatoms. The van der Waals surface area contributed by atoms with E-state index in [2.05, 4.69) is 50.4 Å². The zero-order valence-electron chi connectivity index (χ0n) is 36.6. The van der Waals surface area contributed by atoms with Crippen molar-refractivity contribution < 1.29 is 24.5 Å². The molecular weight excluding hydrogens is 683 g/mol. The predicted octanol–water partition coefficient (Wildman–Crippen LogP) is 13.7. The van der Waals surface area contributed by atoms with Gasteiger partial charge in [-0.15, -0.1) is 0 Å². The van der Waals surface area contributed by atoms with Gasteiger partial charge in [0.05, 0.1) is 25.2 Å². The van der Waals surface area contributed by atoms with Crippen molar-refractivity contribution >= 4 is 11.9 Å². The highest BCUT2D eigenvalue weighted by Crippen LogP contribution is 2.17. The normalized spacial score (nSPS) is 13.6. The number of carbonyl (C=O) groups excluding carboxylic acids is 2. The molecule has 55 heavy (non-hydrogen) atoms. The van der Waals surface area contributed by atoms with Crippen molar-refractivity contribution in [1.82, 2.24) is 5.32 Å². The maximum Gasteiger partial charge on any atom is 0.306 e. The Morgan fingerprint density at radius 2 is 0.982 bits per heavy atom. The van der Waals surface area contributed by atoms with Gasteiger partial charge in [-0.25, -0.2) is 0 Å². The van der Waals surface area contributed by atoms with E-state index in [1.54, 1.807) is 0 Å². The molecule has 0 aliphatic heterocycles. The molecule has 0 aromatic carbocycles. The number of allylic oxidation sites excluding steroid dienone is 6. The summed E-state index contributed by atoms with van der Waals surface area (Å²) in [7, 11) is 0. The van der Waals surface area contributed by atoms with Gasteiger partial charge in [-0.2, -0.15) is 0 Å². The van der Waals surface area contributed by atoms with E-state index in [0.29, 0.717) is 19.3 Å². The summed E-state index contributed by atoms with van der Waals surface area (Å²) in [5.41, 5.74) is 0. The van der Waals surface area contributed by atoms with Crippen LogP contribution in [0.2, 0.25) is 0 Å². The summed E-state index contributed by atoms with van der Waals surface area (Å²) in [4.78, 5) is 26.0. The molecule has 0 saturated carbocycles. The highest BCUT2D eigenvalue weighted by atomic mass is 16.5. The molecule has 3 atom stereocenters. The standard InChI is InChI=1S/C49H91NO5/c1-4-7-10-13-16-19-22-24-27-30-33-36-39-42-49(54)55-45(40-37-34-31-28-25-21-18-15-12-9-6-3)43-48(53)50-46(44-51)47(52)41-38-35-32-29-26-23-20-17-14-11-8-5-2/h9,12,15,18,21,25,45-47,51-52H,4-8,10-11,13-14,16-17,19-20,22-24,26-44H2,1-3H3,(H,50,53)/b12-9+,18-15+,25-21-. The number of esters is 1. The molecule has 0 fully saturated rings. The fraction of sp³-hybridized carbons (Fsp3) is 0.837. The molecule has 0 saturated heterocycles. The van der Waals surface area contributed by atoms with Crippen LogP contribution in [0.4, 0.5) is 0 Å². The van der Waals surface area contributed by atoms with Crippen LogP contribution in [-0.2, 0) is 14.3 Å². The molecule has 3 unspecified atom stereocenters. The van der Waals surface area contributed by atoms with E-state index in [-0.39, 0.29) is 24.9 Å². The number of amides is 1. The molecule has 0 aliphatic rings. The largest absolute Gasteiger partial charge is 0.462 e. The van der Waals surface area contributed by atoms with Crippen LogP contribution >= 0.6 is 0 Å². The summed E-state index contributed by atoms with van der Waals surface area (Å²) in [5, 5.41) is 23.6. The Kier molecular flexibility index (Phi) is 41.7. The summed E-state index contributed by atoms with van der Waals surface area (Å²) in [6, 6.07) is -0.708. The summed E-state index contributed by atoms with van der Waals surface area (Å²) in [6.45, 7) is 6.33. The molecule has 3 N–H and O–H groups in total. The Morgan fingerprint density at radius 3 is 1.47 bits per heavy atom. The molecule has 6 nitrogen and oxygen atoms in total. The molecule has 0 aromatic heterocycles. The SMILES string of the molecule is CC/C=C/C=C/C=C\CCCCCC(CC(=O)NC(CO)C(O)CCCCCCCCCCCCCC)OC(=O)CCCCCCCCCCCCCCC. The van der Waals surface area contributed by atoms with Crippen molar-refractivity contribution in [3.8, 4) is 0 Å². The smallest absolute Gasteiger partial charge is 0.306 e. The average molecular weight is 774 g/mol. The number of nitrogens with one attached hydrogen (secondary N) is 1. The number of carbonyl (C=O) groups is 2. The topological polar surface area (TPSA) is 95.9 Å². The zero-order valence-corrected chi connectivity index (χ0v) is 36.6. The lowest BCUT2D eigenvalue weighted by Crippen LogP contribution is -2.46. The van der Waals surface area contributed by atoms with Crippen LogP contribution in [0.15, 0.2) is 36.5 Å². The quantitative estimate of drug-likeness (QED) is 0.0326. The number of aliphatic hydroxyl groups is 2. The van der Waals surface area contributed by atoms with E-state index >= 15 is 0 Å². The third-order valence-corrected chi connectivity index (χ3v) is 10.8. The fourth-order valence-corrected chi connectivity index (χ4v) is 7.19. The maximum atomic E-state index is 13.1. The van der Waals surface area contributed by atoms with Crippen LogP contribution in [0, 0.1) is 0 Å². The van der Waals surface area contributed by atoms with Gasteiger partial charge in [-0.3, -0.25) is 9.59 Å². The molecule has 0 rings (SSSR count). The van der Waals surface area contributed by atoms with Crippen LogP contribution in [0.5, 0.6) is 0 Å². The lowest BCUT2D eigenvalue weighted by molar-refractivity contribution is -0.151. The first kappa shape index (κ1) is 53.1. The molecule has 0 spiro atoms. The minimum atomic E-state index is -0.792. The van der Waals surface area contributed by atoms with E-state index in [9.17, 15) is 19.8 Å². The number of hydrogen-bond donors (Lipinski definition) is 3. The van der Waals surface area contributed by atoms with Crippen molar-refractivity contribution in [2.24, 2.45) is 0 Å². The summed E-state index contributed by atoms with van der Waals surface area (Å²) in [6.07, 6.45) is 49.2. The van der Waals surface area contributed by atoms with E-state index in [0.717, 1.165) is 70.6 Å². The molecule has 1 amide bonds. The van der Waals surface area contributed by atoms with Crippen LogP contribution in [0.25, 0.3) is 0 Å². The first-order chi connectivity index (χ1) is 27.0. The minimum Gasteiger partial charge on any atom is -0.462 e. The van der Waals surface area contributed by atoms with Crippen molar-refractivity contribution in [3.63, 3.8) is 0 Å². The monoisotopic (exact) mass is 774 g/mol. The second kappa shape index (κ2) is 43.2. The van der Waals surface area contributed by atoms with E-state index in [1.165, 1.54) is 122 Å². The maximum absolute atomic E-state index is 13.1. The molecule has 0 bridgehead atoms. The Hall–Kier alpha value is -1.92. The van der Waals surface area contributed by atoms with E-state index in [1.807, 2.05) is 12.2 Å². The second-order valence-corrected chi connectivity index (χ2v) is 16.2. The summed E-state index contributed by atoms with van der Waals surface area (Å²) in [5.74, 6) is -0.503. The van der Waals surface area contributed by atoms with Crippen LogP contribution in [-0.4, -0.2) is 46.9 Å². The number of rotatable bonds is 42. The molecule has 0 aliphatic carbocycles. The lowest BCUT2D eigenvalue weighted by Gasteiger charge is -2.24. The molecule has 0 heterocycles. The molecule has 0 radical (unpaired) electrons. The fourth-order valence-electron chi connectivity index (χ4n) is 7.19. The van der Waals surface area contributed by atoms with Crippen LogP contribution in [0.3, 0.4) is 0 Å². The van der Waals surface area contributed by atoms with Gasteiger partial charge in [-0.05, 0) is 44.9 Å². The number of aliphatic hydroxyl groups excluding tert-OH is 2. The van der Waals surface area contributed by atoms with Gasteiger partial charge in [0.2, 0.25) is 5.91 Å². The van der Waals surface area contributed by atoms with Crippen LogP contribution in [0.1, 0.15) is 239 Å². The highest BCUT2D eigenvalue weighted by Gasteiger charge is 2.24. The summed E-state index contributed by atoms with van der Waals surface area (Å²) < 4.78 is 5.89. The van der Waals surface area contributed by atoms with E-state index in [4.69, 9.17) is 4.74 Å². The van der Waals surface area contributed by atoms with Gasteiger partial charge in [0, 0.05) is 6.42 Å². The highest BCUT2D eigenvalue weighted by molar-refractivity contribution is 5.77. The molecule has 322 valence electrons. The second-order valence-electron chi connectivity index (χ2n) is 16.2. The van der Waals surface area contributed by atoms with Crippen molar-refractivity contribution in [2.45, 2.75) is 257 Å². The van der Waals surface area contributed by atoms with Gasteiger partial charge < -0.3 is 20.3 Å². The van der Waals surface area contributed by atoms with Gasteiger partial charge >= 0.3 is 5.97 Å². The first-order valence-corrected chi connectivity index (χ1v) is 23.7. The molecule has 0 aromatic rings. The number of hydrogen-bond acceptors (Lipinski definition) is 5. The predicted molar refractivity (Wildman–Crippen MR) is 236 cm³/mol. The Bertz CT molecular complexity index is 915. The third kappa shape index (κ3) is 38.7. The zero-order chi connectivity index (χ0) is 40.3. The Labute approximate surface area is 341 Å². The average Bonchev–Trinajstić information content (AvgIpc) is 3.18. The lowest BCUT2D eigenvalue weighted by atomic mass is 10.0. The minimum absolute atomic E-state index is 0.0577. The summed E-state index contributed by atoms with van der Waals surface area (Å²) >= 11 is 0. The van der Waals surface area contributed by atoms with Crippen molar-refractivity contribution in [2.75, 3.05) is 6.61 Å². The first-order valence-electron chi connectivity index (χ1n) is 23.7. The van der Waals surface area contributed by atoms with Gasteiger partial charge in [0.15, 0.2) is 0 Å². The van der Waals surface area contributed by atoms with Crippen molar-refractivity contribution in [3.05, 3.63) is 36.5 Å². The van der Waals surface area contributed by atoms with Crippen LogP contribution < -0.4 is 5.32 Å². The van der Waals surface area contributed by atoms with Gasteiger partial charge in [0.25, 0.3) is 0 Å². The Balaban J connectivity index is 4.58.